The summed E-state index contributed by atoms with van der Waals surface area (Å²) >= 11 is 3.46. The number of hydrogen-bond acceptors (Lipinski definition) is 1. The van der Waals surface area contributed by atoms with Crippen molar-refractivity contribution in [1.29, 1.82) is 0 Å². The summed E-state index contributed by atoms with van der Waals surface area (Å²) in [5.74, 6) is 0. The van der Waals surface area contributed by atoms with E-state index in [9.17, 15) is 0 Å². The molecule has 0 saturated carbocycles. The normalized spacial score (nSPS) is 10.7. The molecule has 11 heavy (non-hydrogen) atoms. The molecule has 0 aliphatic rings. The molecule has 0 bridgehead atoms. The molecule has 0 aromatic heterocycles. The van der Waals surface area contributed by atoms with Crippen molar-refractivity contribution in [2.45, 2.75) is 6.42 Å². The van der Waals surface area contributed by atoms with Crippen molar-refractivity contribution in [3.05, 3.63) is 34.3 Å². The molecule has 2 heteroatoms. The van der Waals surface area contributed by atoms with E-state index in [1.165, 1.54) is 5.56 Å². The Balaban J connectivity index is 2.77. The van der Waals surface area contributed by atoms with Crippen LogP contribution in [-0.2, 0) is 6.42 Å². The Morgan fingerprint density at radius 2 is 2.18 bits per heavy atom. The highest BCUT2D eigenvalue weighted by Crippen LogP contribution is 2.15. The third-order valence-electron chi connectivity index (χ3n) is 1.45. The zero-order chi connectivity index (χ0) is 8.10. The molecule has 0 aliphatic carbocycles. The lowest BCUT2D eigenvalue weighted by atomic mass is 10.2. The number of rotatable bonds is 2. The molecule has 0 radical (unpaired) electrons. The molecular formula is C9H10BrN. The predicted octanol–water partition coefficient (Wildman–Crippen LogP) is 2.69. The van der Waals surface area contributed by atoms with Gasteiger partial charge in [0.25, 0.3) is 0 Å². The van der Waals surface area contributed by atoms with E-state index in [2.05, 4.69) is 27.0 Å². The largest absolute Gasteiger partial charge is 0.301 e. The second kappa shape index (κ2) is 4.29. The van der Waals surface area contributed by atoms with Crippen molar-refractivity contribution >= 4 is 22.1 Å². The van der Waals surface area contributed by atoms with E-state index in [1.807, 2.05) is 24.4 Å². The van der Waals surface area contributed by atoms with Gasteiger partial charge in [0.2, 0.25) is 0 Å². The molecule has 1 aromatic rings. The molecule has 0 N–H and O–H groups in total. The Bertz CT molecular complexity index is 255. The van der Waals surface area contributed by atoms with Gasteiger partial charge in [-0.25, -0.2) is 0 Å². The summed E-state index contributed by atoms with van der Waals surface area (Å²) in [5.41, 5.74) is 1.28. The molecule has 0 heterocycles. The van der Waals surface area contributed by atoms with Gasteiger partial charge in [-0.1, -0.05) is 34.1 Å². The van der Waals surface area contributed by atoms with Crippen LogP contribution in [0.4, 0.5) is 0 Å². The zero-order valence-corrected chi connectivity index (χ0v) is 8.01. The summed E-state index contributed by atoms with van der Waals surface area (Å²) < 4.78 is 1.15. The summed E-state index contributed by atoms with van der Waals surface area (Å²) in [6.45, 7) is 0. The number of hydrogen-bond donors (Lipinski definition) is 0. The second-order valence-corrected chi connectivity index (χ2v) is 3.09. The van der Waals surface area contributed by atoms with Gasteiger partial charge < -0.3 is 4.99 Å². The van der Waals surface area contributed by atoms with Gasteiger partial charge in [0, 0.05) is 24.2 Å². The first-order chi connectivity index (χ1) is 5.34. The lowest BCUT2D eigenvalue weighted by molar-refractivity contribution is 1.30. The molecule has 1 nitrogen and oxygen atoms in total. The van der Waals surface area contributed by atoms with Crippen molar-refractivity contribution in [3.63, 3.8) is 0 Å². The minimum atomic E-state index is 0.901. The van der Waals surface area contributed by atoms with Gasteiger partial charge in [-0.15, -0.1) is 0 Å². The maximum atomic E-state index is 3.93. The molecule has 1 rings (SSSR count). The van der Waals surface area contributed by atoms with Crippen LogP contribution in [0.1, 0.15) is 5.56 Å². The molecule has 1 aromatic carbocycles. The number of nitrogens with zero attached hydrogens (tertiary/aromatic N) is 1. The van der Waals surface area contributed by atoms with E-state index in [0.29, 0.717) is 0 Å². The predicted molar refractivity (Wildman–Crippen MR) is 52.3 cm³/mol. The number of benzene rings is 1. The van der Waals surface area contributed by atoms with E-state index >= 15 is 0 Å². The molecule has 0 aliphatic heterocycles. The Hall–Kier alpha value is -0.630. The van der Waals surface area contributed by atoms with Crippen molar-refractivity contribution in [1.82, 2.24) is 0 Å². The lowest BCUT2D eigenvalue weighted by Gasteiger charge is -1.97. The topological polar surface area (TPSA) is 12.4 Å². The van der Waals surface area contributed by atoms with Crippen LogP contribution in [0.3, 0.4) is 0 Å². The molecule has 0 saturated heterocycles. The van der Waals surface area contributed by atoms with E-state index in [0.717, 1.165) is 10.9 Å². The van der Waals surface area contributed by atoms with Gasteiger partial charge in [-0.05, 0) is 11.6 Å². The highest BCUT2D eigenvalue weighted by molar-refractivity contribution is 9.10. The standard InChI is InChI=1S/C9H10BrN/c1-11-7-6-8-4-2-3-5-9(8)10/h2-5,7H,6H2,1H3. The molecule has 58 valence electrons. The number of halogens is 1. The lowest BCUT2D eigenvalue weighted by Crippen LogP contribution is -1.86. The Morgan fingerprint density at radius 3 is 2.82 bits per heavy atom. The van der Waals surface area contributed by atoms with Crippen LogP contribution < -0.4 is 0 Å². The van der Waals surface area contributed by atoms with Crippen molar-refractivity contribution in [2.75, 3.05) is 7.05 Å². The van der Waals surface area contributed by atoms with Crippen LogP contribution >= 0.6 is 15.9 Å². The van der Waals surface area contributed by atoms with Gasteiger partial charge in [0.05, 0.1) is 0 Å². The van der Waals surface area contributed by atoms with Crippen LogP contribution in [0.2, 0.25) is 0 Å². The van der Waals surface area contributed by atoms with E-state index in [-0.39, 0.29) is 0 Å². The third-order valence-corrected chi connectivity index (χ3v) is 2.23. The molecule has 0 amide bonds. The maximum Gasteiger partial charge on any atom is 0.0273 e. The van der Waals surface area contributed by atoms with Gasteiger partial charge in [0.1, 0.15) is 0 Å². The third kappa shape index (κ3) is 2.46. The van der Waals surface area contributed by atoms with Crippen LogP contribution in [0, 0.1) is 0 Å². The second-order valence-electron chi connectivity index (χ2n) is 2.24. The van der Waals surface area contributed by atoms with Crippen molar-refractivity contribution < 1.29 is 0 Å². The SMILES string of the molecule is CN=CCc1ccccc1Br. The van der Waals surface area contributed by atoms with E-state index in [4.69, 9.17) is 0 Å². The Kier molecular flexibility index (Phi) is 3.30. The molecule has 0 atom stereocenters. The minimum Gasteiger partial charge on any atom is -0.301 e. The highest BCUT2D eigenvalue weighted by atomic mass is 79.9. The smallest absolute Gasteiger partial charge is 0.0273 e. The average Bonchev–Trinajstić information content (AvgIpc) is 2.03. The fourth-order valence-electron chi connectivity index (χ4n) is 0.854. The summed E-state index contributed by atoms with van der Waals surface area (Å²) in [5, 5.41) is 0. The van der Waals surface area contributed by atoms with Crippen LogP contribution in [0.25, 0.3) is 0 Å². The van der Waals surface area contributed by atoms with E-state index < -0.39 is 0 Å². The maximum absolute atomic E-state index is 3.93. The summed E-state index contributed by atoms with van der Waals surface area (Å²) in [6.07, 6.45) is 2.80. The van der Waals surface area contributed by atoms with Crippen LogP contribution in [0.5, 0.6) is 0 Å². The first kappa shape index (κ1) is 8.47. The molecule has 0 unspecified atom stereocenters. The van der Waals surface area contributed by atoms with Crippen LogP contribution in [0.15, 0.2) is 33.7 Å². The quantitative estimate of drug-likeness (QED) is 0.668. The highest BCUT2D eigenvalue weighted by Gasteiger charge is 1.93. The van der Waals surface area contributed by atoms with Gasteiger partial charge in [0.15, 0.2) is 0 Å². The summed E-state index contributed by atoms with van der Waals surface area (Å²) in [4.78, 5) is 3.93. The van der Waals surface area contributed by atoms with Crippen molar-refractivity contribution in [2.24, 2.45) is 4.99 Å². The Labute approximate surface area is 75.3 Å². The van der Waals surface area contributed by atoms with E-state index in [1.54, 1.807) is 7.05 Å². The molecule has 0 spiro atoms. The van der Waals surface area contributed by atoms with Crippen LogP contribution in [-0.4, -0.2) is 13.3 Å². The fourth-order valence-corrected chi connectivity index (χ4v) is 1.30. The minimum absolute atomic E-state index is 0.901. The fraction of sp³-hybridized carbons (Fsp3) is 0.222. The number of aliphatic imine (C=N–C) groups is 1. The molecular weight excluding hydrogens is 202 g/mol. The zero-order valence-electron chi connectivity index (χ0n) is 6.42. The molecule has 0 fully saturated rings. The monoisotopic (exact) mass is 211 g/mol. The van der Waals surface area contributed by atoms with Gasteiger partial charge in [-0.3, -0.25) is 0 Å². The Morgan fingerprint density at radius 1 is 1.45 bits per heavy atom. The average molecular weight is 212 g/mol. The first-order valence-electron chi connectivity index (χ1n) is 3.48. The van der Waals surface area contributed by atoms with Crippen molar-refractivity contribution in [3.8, 4) is 0 Å². The van der Waals surface area contributed by atoms with Gasteiger partial charge >= 0.3 is 0 Å². The summed E-state index contributed by atoms with van der Waals surface area (Å²) in [6, 6.07) is 8.17. The summed E-state index contributed by atoms with van der Waals surface area (Å²) in [7, 11) is 1.79. The first-order valence-corrected chi connectivity index (χ1v) is 4.28. The van der Waals surface area contributed by atoms with Gasteiger partial charge in [-0.2, -0.15) is 0 Å².